The van der Waals surface area contributed by atoms with Crippen LogP contribution in [0.15, 0.2) is 0 Å². The minimum Gasteiger partial charge on any atom is -0.343 e. The van der Waals surface area contributed by atoms with Crippen molar-refractivity contribution in [2.75, 3.05) is 26.2 Å². The molecule has 0 spiro atoms. The maximum absolute atomic E-state index is 15.4. The highest BCUT2D eigenvalue weighted by Crippen LogP contribution is 2.57. The van der Waals surface area contributed by atoms with Crippen LogP contribution in [0.25, 0.3) is 0 Å². The van der Waals surface area contributed by atoms with E-state index in [1.54, 1.807) is 10.1 Å². The van der Waals surface area contributed by atoms with Crippen LogP contribution in [0, 0.1) is 34.0 Å². The van der Waals surface area contributed by atoms with Crippen molar-refractivity contribution in [2.24, 2.45) is 34.0 Å². The second-order valence-electron chi connectivity index (χ2n) is 22.1. The molecule has 0 aromatic heterocycles. The van der Waals surface area contributed by atoms with Gasteiger partial charge in [-0.2, -0.15) is 0 Å². The van der Waals surface area contributed by atoms with Gasteiger partial charge in [0.15, 0.2) is 9.89 Å². The van der Waals surface area contributed by atoms with Gasteiger partial charge in [0.1, 0.15) is 23.7 Å². The number of piperidine rings is 1. The third-order valence-corrected chi connectivity index (χ3v) is 18.3. The van der Waals surface area contributed by atoms with Gasteiger partial charge < -0.3 is 20.9 Å². The van der Waals surface area contributed by atoms with Gasteiger partial charge in [-0.3, -0.25) is 33.6 Å². The topological polar surface area (TPSA) is 177 Å². The third-order valence-electron chi connectivity index (χ3n) is 16.5. The second kappa shape index (κ2) is 18.8. The number of carbonyl (C=O) groups excluding carboxylic acids is 6. The van der Waals surface area contributed by atoms with Gasteiger partial charge in [0, 0.05) is 25.7 Å². The molecule has 14 nitrogen and oxygen atoms in total. The summed E-state index contributed by atoms with van der Waals surface area (Å²) >= 11 is 0. The highest BCUT2D eigenvalue weighted by Gasteiger charge is 2.63. The fraction of sp³-hybridized carbons (Fsp3) is 0.872. The summed E-state index contributed by atoms with van der Waals surface area (Å²) in [5, 5.41) is 11.1. The first-order chi connectivity index (χ1) is 29.1. The van der Waals surface area contributed by atoms with E-state index in [1.807, 2.05) is 27.7 Å². The average molecular weight is 886 g/mol. The fourth-order valence-electron chi connectivity index (χ4n) is 11.6. The molecular formula is C47H79N7O7S. The Morgan fingerprint density at radius 2 is 1.42 bits per heavy atom. The molecule has 3 saturated heterocycles. The summed E-state index contributed by atoms with van der Waals surface area (Å²) in [6.45, 7) is 20.4. The van der Waals surface area contributed by atoms with Crippen LogP contribution in [0.3, 0.4) is 0 Å². The quantitative estimate of drug-likeness (QED) is 0.167. The summed E-state index contributed by atoms with van der Waals surface area (Å²) in [4.78, 5) is 89.3. The van der Waals surface area contributed by atoms with Gasteiger partial charge in [-0.25, -0.2) is 13.3 Å². The first kappa shape index (κ1) is 48.5. The third kappa shape index (κ3) is 9.66. The molecule has 15 heteroatoms. The fourth-order valence-corrected chi connectivity index (χ4v) is 13.1. The maximum Gasteiger partial charge on any atom is 0.258 e. The number of nitrogens with zero attached hydrogens (tertiary/aromatic N) is 3. The Morgan fingerprint density at radius 1 is 0.790 bits per heavy atom. The lowest BCUT2D eigenvalue weighted by Gasteiger charge is -2.50. The number of rotatable bonds is 15. The Labute approximate surface area is 372 Å². The van der Waals surface area contributed by atoms with Gasteiger partial charge in [-0.1, -0.05) is 87.0 Å². The zero-order valence-corrected chi connectivity index (χ0v) is 40.2. The van der Waals surface area contributed by atoms with Crippen LogP contribution in [0.2, 0.25) is 0 Å². The predicted molar refractivity (Wildman–Crippen MR) is 241 cm³/mol. The highest BCUT2D eigenvalue weighted by molar-refractivity contribution is 7.97. The number of hydrogen-bond acceptors (Lipinski definition) is 8. The zero-order valence-electron chi connectivity index (χ0n) is 39.4. The molecule has 3 aliphatic heterocycles. The van der Waals surface area contributed by atoms with E-state index in [-0.39, 0.29) is 53.6 Å². The number of nitrogens with one attached hydrogen (secondary N) is 4. The molecule has 6 fully saturated rings. The van der Waals surface area contributed by atoms with E-state index in [9.17, 15) is 28.2 Å². The molecule has 6 rings (SSSR count). The summed E-state index contributed by atoms with van der Waals surface area (Å²) in [5.74, 6) is -1.95. The summed E-state index contributed by atoms with van der Waals surface area (Å²) in [5.41, 5.74) is -2.89. The molecule has 4 N–H and O–H groups in total. The van der Waals surface area contributed by atoms with Crippen molar-refractivity contribution in [3.63, 3.8) is 0 Å². The number of carbonyl (C=O) groups is 5. The Morgan fingerprint density at radius 3 is 1.97 bits per heavy atom. The van der Waals surface area contributed by atoms with Crippen molar-refractivity contribution in [3.8, 4) is 0 Å². The average Bonchev–Trinajstić information content (AvgIpc) is 3.48. The van der Waals surface area contributed by atoms with Crippen molar-refractivity contribution < 1.29 is 33.0 Å². The van der Waals surface area contributed by atoms with Crippen molar-refractivity contribution in [3.05, 3.63) is 0 Å². The summed E-state index contributed by atoms with van der Waals surface area (Å²) in [7, 11) is -3.63. The Bertz CT molecular complexity index is 1840. The van der Waals surface area contributed by atoms with E-state index in [1.165, 1.54) is 4.31 Å². The van der Waals surface area contributed by atoms with Crippen LogP contribution in [-0.2, 0) is 38.7 Å². The van der Waals surface area contributed by atoms with Crippen molar-refractivity contribution >= 4 is 44.7 Å². The smallest absolute Gasteiger partial charge is 0.258 e. The van der Waals surface area contributed by atoms with Gasteiger partial charge in [0.25, 0.3) is 5.91 Å². The van der Waals surface area contributed by atoms with E-state index in [0.717, 1.165) is 90.0 Å². The summed E-state index contributed by atoms with van der Waals surface area (Å²) in [6.07, 6.45) is 13.3. The summed E-state index contributed by atoms with van der Waals surface area (Å²) < 4.78 is 17.7. The molecular weight excluding hydrogens is 807 g/mol. The van der Waals surface area contributed by atoms with Gasteiger partial charge in [-0.05, 0) is 119 Å². The van der Waals surface area contributed by atoms with Crippen LogP contribution in [0.5, 0.6) is 0 Å². The van der Waals surface area contributed by atoms with Crippen LogP contribution >= 0.6 is 0 Å². The highest BCUT2D eigenvalue weighted by atomic mass is 32.2. The van der Waals surface area contributed by atoms with Crippen LogP contribution < -0.4 is 20.7 Å². The standard InChI is InChI=1S/C47H79N7O7S/c1-10-33-27-47(33,43(60)51-62(61,30-55)52-24-16-17-25-52)50-40(57)36-28-46(9,45(7,8)34-21-18-22-34)29-54(36)42(59)38(44(4,5)6)49-41(58)37(32-19-12-11-13-20-32)48-39(56)35-23-14-15-26-53(35)31(2)3/h31-38H,10-29H2,1-9H3,(H,48,56)(H,49,58)(H,50,57)(H,51,60,61)/t33-,35-,36+,37+,38-,46+,47-,62?/m1/s1. The molecule has 0 radical (unpaired) electrons. The molecule has 62 heavy (non-hydrogen) atoms. The van der Waals surface area contributed by atoms with E-state index < -0.39 is 56.2 Å². The lowest BCUT2D eigenvalue weighted by molar-refractivity contribution is -0.145. The number of amides is 5. The molecule has 0 aromatic rings. The molecule has 5 amide bonds. The number of likely N-dealkylation sites (tertiary alicyclic amines) is 2. The molecule has 1 unspecified atom stereocenters. The van der Waals surface area contributed by atoms with Gasteiger partial charge in [0.2, 0.25) is 28.9 Å². The van der Waals surface area contributed by atoms with Crippen LogP contribution in [-0.4, -0.2) is 115 Å². The SMILES string of the molecule is CC[C@@H]1C[C@]1(NC(=O)[C@@H]1C[C@](C)(C(C)(C)C2CCC2)CN1C(=O)[C@@H](NC(=O)[C@@H](NC(=O)[C@H]1CCCCN1C(C)C)C1CCCCC1)C(C)(C)C)C(=O)NS(=O)(=C=O)N1CCCC1. The molecule has 3 saturated carbocycles. The molecule has 0 bridgehead atoms. The molecule has 6 aliphatic rings. The normalized spacial score (nSPS) is 31.0. The van der Waals surface area contributed by atoms with Gasteiger partial charge in [-0.15, -0.1) is 0 Å². The Kier molecular flexibility index (Phi) is 14.7. The minimum atomic E-state index is -3.63. The zero-order chi connectivity index (χ0) is 45.4. The van der Waals surface area contributed by atoms with Crippen molar-refractivity contribution in [1.82, 2.24) is 34.8 Å². The van der Waals surface area contributed by atoms with E-state index in [4.69, 9.17) is 0 Å². The van der Waals surface area contributed by atoms with E-state index in [2.05, 4.69) is 60.2 Å². The number of hydrogen-bond donors (Lipinski definition) is 4. The van der Waals surface area contributed by atoms with E-state index in [0.29, 0.717) is 38.3 Å². The van der Waals surface area contributed by atoms with Crippen molar-refractivity contribution in [2.45, 2.75) is 201 Å². The van der Waals surface area contributed by atoms with Crippen LogP contribution in [0.1, 0.15) is 165 Å². The Hall–Kier alpha value is -3.00. The minimum absolute atomic E-state index is 0.0687. The first-order valence-corrected chi connectivity index (χ1v) is 25.6. The lowest BCUT2D eigenvalue weighted by atomic mass is 9.54. The molecule has 3 heterocycles. The largest absolute Gasteiger partial charge is 0.343 e. The maximum atomic E-state index is 15.4. The van der Waals surface area contributed by atoms with Gasteiger partial charge >= 0.3 is 0 Å². The monoisotopic (exact) mass is 886 g/mol. The predicted octanol–water partition coefficient (Wildman–Crippen LogP) is 4.96. The second-order valence-corrected chi connectivity index (χ2v) is 24.0. The van der Waals surface area contributed by atoms with Gasteiger partial charge in [0.05, 0.1) is 6.04 Å². The molecule has 0 aromatic carbocycles. The molecule has 350 valence electrons. The molecule has 3 aliphatic carbocycles. The van der Waals surface area contributed by atoms with E-state index >= 15 is 4.79 Å². The first-order valence-electron chi connectivity index (χ1n) is 24.1. The lowest BCUT2D eigenvalue weighted by Crippen LogP contribution is -2.63. The van der Waals surface area contributed by atoms with Crippen molar-refractivity contribution in [1.29, 1.82) is 0 Å². The summed E-state index contributed by atoms with van der Waals surface area (Å²) in [6, 6.07) is -2.94. The van der Waals surface area contributed by atoms with Crippen LogP contribution in [0.4, 0.5) is 0 Å². The Balaban J connectivity index is 1.29. The molecule has 8 atom stereocenters.